The highest BCUT2D eigenvalue weighted by molar-refractivity contribution is 8.00. The maximum atomic E-state index is 12.7. The first-order valence-corrected chi connectivity index (χ1v) is 8.26. The van der Waals surface area contributed by atoms with Crippen LogP contribution in [0, 0.1) is 0 Å². The average molecular weight is 323 g/mol. The van der Waals surface area contributed by atoms with Crippen LogP contribution in [0.25, 0.3) is 0 Å². The van der Waals surface area contributed by atoms with Gasteiger partial charge >= 0.3 is 0 Å². The molecule has 0 aromatic carbocycles. The van der Waals surface area contributed by atoms with Gasteiger partial charge in [-0.2, -0.15) is 0 Å². The summed E-state index contributed by atoms with van der Waals surface area (Å²) in [7, 11) is 1.81. The third-order valence-corrected chi connectivity index (χ3v) is 5.74. The molecule has 0 radical (unpaired) electrons. The van der Waals surface area contributed by atoms with Gasteiger partial charge in [0.15, 0.2) is 11.4 Å². The Labute approximate surface area is 131 Å². The predicted molar refractivity (Wildman–Crippen MR) is 81.7 cm³/mol. The normalized spacial score (nSPS) is 27.6. The number of fused-ring (bicyclic) bond motifs is 2. The van der Waals surface area contributed by atoms with Crippen molar-refractivity contribution in [3.05, 3.63) is 28.2 Å². The lowest BCUT2D eigenvalue weighted by Gasteiger charge is -2.48. The fourth-order valence-corrected chi connectivity index (χ4v) is 4.15. The van der Waals surface area contributed by atoms with Crippen molar-refractivity contribution in [3.63, 3.8) is 0 Å². The molecule has 1 N–H and O–H groups in total. The Hall–Kier alpha value is -1.67. The van der Waals surface area contributed by atoms with Crippen LogP contribution in [-0.4, -0.2) is 57.6 Å². The fraction of sp³-hybridized carbons (Fsp3) is 0.571. The molecule has 0 bridgehead atoms. The van der Waals surface area contributed by atoms with Crippen LogP contribution in [0.2, 0.25) is 0 Å². The number of nitrogens with zero attached hydrogens (tertiary/aromatic N) is 3. The lowest BCUT2D eigenvalue weighted by Crippen LogP contribution is -2.65. The highest BCUT2D eigenvalue weighted by atomic mass is 32.2. The topological polar surface area (TPSA) is 75.0 Å². The number of aromatic hydroxyl groups is 1. The van der Waals surface area contributed by atoms with E-state index in [0.717, 1.165) is 0 Å². The lowest BCUT2D eigenvalue weighted by atomic mass is 10.2. The van der Waals surface area contributed by atoms with Crippen LogP contribution >= 0.6 is 11.8 Å². The molecule has 8 heteroatoms. The highest BCUT2D eigenvalue weighted by Gasteiger charge is 2.43. The van der Waals surface area contributed by atoms with Gasteiger partial charge in [-0.3, -0.25) is 19.3 Å². The van der Waals surface area contributed by atoms with Gasteiger partial charge in [0.1, 0.15) is 11.6 Å². The Balaban J connectivity index is 1.68. The molecule has 1 aliphatic carbocycles. The molecule has 1 saturated heterocycles. The largest absolute Gasteiger partial charge is 0.502 e. The number of aromatic nitrogens is 1. The summed E-state index contributed by atoms with van der Waals surface area (Å²) in [6.45, 7) is 0.885. The first kappa shape index (κ1) is 14.0. The molecule has 2 fully saturated rings. The van der Waals surface area contributed by atoms with E-state index in [1.54, 1.807) is 16.7 Å². The molecule has 3 heterocycles. The van der Waals surface area contributed by atoms with Crippen molar-refractivity contribution in [1.82, 2.24) is 9.58 Å². The van der Waals surface area contributed by atoms with E-state index in [0.29, 0.717) is 18.4 Å². The Bertz CT molecular complexity index is 687. The molecule has 3 aliphatic rings. The summed E-state index contributed by atoms with van der Waals surface area (Å²) in [6.07, 6.45) is 3.71. The van der Waals surface area contributed by atoms with Crippen molar-refractivity contribution in [3.8, 4) is 5.75 Å². The number of amides is 1. The zero-order chi connectivity index (χ0) is 15.4. The van der Waals surface area contributed by atoms with Crippen molar-refractivity contribution in [1.29, 1.82) is 0 Å². The Morgan fingerprint density at radius 1 is 1.36 bits per heavy atom. The van der Waals surface area contributed by atoms with Gasteiger partial charge in [-0.15, -0.1) is 11.8 Å². The van der Waals surface area contributed by atoms with Crippen LogP contribution in [0.5, 0.6) is 5.75 Å². The number of rotatable bonds is 2. The molecule has 118 valence electrons. The summed E-state index contributed by atoms with van der Waals surface area (Å²) >= 11 is 1.77. The minimum atomic E-state index is -0.538. The number of hydrogen-bond acceptors (Lipinski definition) is 6. The van der Waals surface area contributed by atoms with E-state index in [-0.39, 0.29) is 23.2 Å². The van der Waals surface area contributed by atoms with E-state index >= 15 is 0 Å². The molecule has 2 aliphatic heterocycles. The average Bonchev–Trinajstić information content (AvgIpc) is 3.31. The smallest absolute Gasteiger partial charge is 0.278 e. The lowest BCUT2D eigenvalue weighted by molar-refractivity contribution is -0.0278. The van der Waals surface area contributed by atoms with Crippen molar-refractivity contribution in [2.24, 2.45) is 0 Å². The second kappa shape index (κ2) is 4.92. The Morgan fingerprint density at radius 2 is 2.14 bits per heavy atom. The molecule has 4 rings (SSSR count). The van der Waals surface area contributed by atoms with Crippen LogP contribution in [0.15, 0.2) is 17.1 Å². The minimum absolute atomic E-state index is 0.0309. The fourth-order valence-electron chi connectivity index (χ4n) is 2.91. The molecule has 22 heavy (non-hydrogen) atoms. The van der Waals surface area contributed by atoms with Gasteiger partial charge in [0.05, 0.1) is 13.2 Å². The second-order valence-electron chi connectivity index (χ2n) is 5.83. The summed E-state index contributed by atoms with van der Waals surface area (Å²) in [4.78, 5) is 26.1. The Morgan fingerprint density at radius 3 is 2.86 bits per heavy atom. The number of morpholine rings is 1. The number of likely N-dealkylation sites (N-methyl/N-ethyl adjacent to an activating group) is 1. The number of thioether (sulfide) groups is 1. The zero-order valence-corrected chi connectivity index (χ0v) is 13.0. The molecule has 2 atom stereocenters. The summed E-state index contributed by atoms with van der Waals surface area (Å²) in [5.41, 5.74) is -0.544. The molecule has 7 nitrogen and oxygen atoms in total. The SMILES string of the molecule is CN1C2COC(SC3CC3)CN2C(=O)c2c(O)c(=O)ccn21. The van der Waals surface area contributed by atoms with E-state index in [4.69, 9.17) is 4.74 Å². The molecule has 1 aromatic heterocycles. The van der Waals surface area contributed by atoms with Crippen molar-refractivity contribution in [2.45, 2.75) is 29.7 Å². The van der Waals surface area contributed by atoms with E-state index in [2.05, 4.69) is 0 Å². The van der Waals surface area contributed by atoms with Crippen molar-refractivity contribution in [2.75, 3.05) is 25.2 Å². The monoisotopic (exact) mass is 323 g/mol. The summed E-state index contributed by atoms with van der Waals surface area (Å²) in [6, 6.07) is 1.26. The predicted octanol–water partition coefficient (Wildman–Crippen LogP) is 0.155. The molecular formula is C14H17N3O4S. The van der Waals surface area contributed by atoms with E-state index in [1.807, 2.05) is 12.1 Å². The van der Waals surface area contributed by atoms with Gasteiger partial charge in [0.2, 0.25) is 5.43 Å². The molecule has 1 saturated carbocycles. The van der Waals surface area contributed by atoms with Gasteiger partial charge < -0.3 is 14.7 Å². The third kappa shape index (κ3) is 2.09. The Kier molecular flexibility index (Phi) is 3.12. The standard InChI is InChI=1S/C14H17N3O4S/c1-15-10-7-21-11(22-8-2-3-8)6-16(10)14(20)12-13(19)9(18)4-5-17(12)15/h4-5,8,10-11,19H,2-3,6-7H2,1H3. The summed E-state index contributed by atoms with van der Waals surface area (Å²) in [5.74, 6) is -0.807. The van der Waals surface area contributed by atoms with Crippen LogP contribution < -0.4 is 10.4 Å². The molecule has 0 spiro atoms. The highest BCUT2D eigenvalue weighted by Crippen LogP contribution is 2.39. The first-order chi connectivity index (χ1) is 10.6. The van der Waals surface area contributed by atoms with E-state index in [1.165, 1.54) is 29.8 Å². The summed E-state index contributed by atoms with van der Waals surface area (Å²) in [5, 5.41) is 12.5. The van der Waals surface area contributed by atoms with Crippen molar-refractivity contribution < 1.29 is 14.6 Å². The number of carbonyl (C=O) groups is 1. The summed E-state index contributed by atoms with van der Waals surface area (Å²) < 4.78 is 7.40. The molecule has 1 aromatic rings. The van der Waals surface area contributed by atoms with Crippen LogP contribution in [0.1, 0.15) is 23.3 Å². The first-order valence-electron chi connectivity index (χ1n) is 7.32. The van der Waals surface area contributed by atoms with E-state index < -0.39 is 11.2 Å². The van der Waals surface area contributed by atoms with Gasteiger partial charge in [-0.25, -0.2) is 0 Å². The molecular weight excluding hydrogens is 306 g/mol. The van der Waals surface area contributed by atoms with Crippen LogP contribution in [0.4, 0.5) is 0 Å². The number of carbonyl (C=O) groups excluding carboxylic acids is 1. The third-order valence-electron chi connectivity index (χ3n) is 4.29. The van der Waals surface area contributed by atoms with Gasteiger partial charge in [-0.05, 0) is 12.8 Å². The van der Waals surface area contributed by atoms with Gasteiger partial charge in [-0.1, -0.05) is 0 Å². The minimum Gasteiger partial charge on any atom is -0.502 e. The maximum Gasteiger partial charge on any atom is 0.278 e. The maximum absolute atomic E-state index is 12.7. The molecule has 1 amide bonds. The van der Waals surface area contributed by atoms with E-state index in [9.17, 15) is 14.7 Å². The second-order valence-corrected chi connectivity index (χ2v) is 7.30. The van der Waals surface area contributed by atoms with Gasteiger partial charge in [0, 0.05) is 24.6 Å². The molecule has 2 unspecified atom stereocenters. The number of pyridine rings is 1. The van der Waals surface area contributed by atoms with Crippen molar-refractivity contribution >= 4 is 17.7 Å². The van der Waals surface area contributed by atoms with Crippen LogP contribution in [-0.2, 0) is 4.74 Å². The van der Waals surface area contributed by atoms with Crippen LogP contribution in [0.3, 0.4) is 0 Å². The zero-order valence-electron chi connectivity index (χ0n) is 12.1. The van der Waals surface area contributed by atoms with Gasteiger partial charge in [0.25, 0.3) is 5.91 Å². The number of ether oxygens (including phenoxy) is 1. The number of hydrogen-bond donors (Lipinski definition) is 1. The quantitative estimate of drug-likeness (QED) is 0.835.